The number of hydrogen-bond donors (Lipinski definition) is 1. The molecule has 0 unspecified atom stereocenters. The van der Waals surface area contributed by atoms with E-state index >= 15 is 0 Å². The Hall–Kier alpha value is -2.49. The van der Waals surface area contributed by atoms with Crippen molar-refractivity contribution < 1.29 is 4.74 Å². The van der Waals surface area contributed by atoms with Gasteiger partial charge in [0.1, 0.15) is 22.9 Å². The van der Waals surface area contributed by atoms with Crippen LogP contribution in [0.25, 0.3) is 16.9 Å². The number of aromatic nitrogens is 2. The lowest BCUT2D eigenvalue weighted by atomic mass is 9.82. The third-order valence-electron chi connectivity index (χ3n) is 4.64. The molecule has 0 atom stereocenters. The molecule has 4 nitrogen and oxygen atoms in total. The van der Waals surface area contributed by atoms with Crippen LogP contribution < -0.4 is 10.1 Å². The Kier molecular flexibility index (Phi) is 4.94. The zero-order valence-corrected chi connectivity index (χ0v) is 17.6. The molecule has 3 rings (SSSR count). The van der Waals surface area contributed by atoms with Crippen molar-refractivity contribution in [3.05, 3.63) is 48.2 Å². The summed E-state index contributed by atoms with van der Waals surface area (Å²) in [5.41, 5.74) is 4.35. The Balaban J connectivity index is 2.12. The predicted octanol–water partition coefficient (Wildman–Crippen LogP) is 5.95. The molecule has 0 spiro atoms. The van der Waals surface area contributed by atoms with E-state index in [1.165, 1.54) is 0 Å². The number of ether oxygens (including phenoxy) is 1. The molecule has 27 heavy (non-hydrogen) atoms. The lowest BCUT2D eigenvalue weighted by Gasteiger charge is -2.34. The summed E-state index contributed by atoms with van der Waals surface area (Å²) < 4.78 is 7.47. The second kappa shape index (κ2) is 6.91. The van der Waals surface area contributed by atoms with E-state index in [1.54, 1.807) is 7.11 Å². The molecule has 0 saturated heterocycles. The lowest BCUT2D eigenvalue weighted by molar-refractivity contribution is 0.302. The molecule has 3 aromatic rings. The van der Waals surface area contributed by atoms with Gasteiger partial charge in [0, 0.05) is 17.3 Å². The van der Waals surface area contributed by atoms with Crippen LogP contribution in [0.3, 0.4) is 0 Å². The number of hydrogen-bond acceptors (Lipinski definition) is 3. The highest BCUT2D eigenvalue weighted by molar-refractivity contribution is 5.78. The van der Waals surface area contributed by atoms with Crippen LogP contribution in [0.2, 0.25) is 0 Å². The van der Waals surface area contributed by atoms with E-state index in [0.717, 1.165) is 40.5 Å². The average molecular weight is 366 g/mol. The molecule has 0 fully saturated rings. The number of nitrogens with zero attached hydrogens (tertiary/aromatic N) is 2. The van der Waals surface area contributed by atoms with Crippen molar-refractivity contribution in [1.29, 1.82) is 0 Å². The number of fused-ring (bicyclic) bond motifs is 1. The van der Waals surface area contributed by atoms with Gasteiger partial charge in [-0.05, 0) is 68.5 Å². The van der Waals surface area contributed by atoms with Gasteiger partial charge in [-0.2, -0.15) is 0 Å². The monoisotopic (exact) mass is 365 g/mol. The van der Waals surface area contributed by atoms with Gasteiger partial charge in [-0.25, -0.2) is 4.98 Å². The van der Waals surface area contributed by atoms with Gasteiger partial charge < -0.3 is 10.1 Å². The van der Waals surface area contributed by atoms with Gasteiger partial charge in [0.25, 0.3) is 0 Å². The van der Waals surface area contributed by atoms with E-state index in [0.29, 0.717) is 0 Å². The van der Waals surface area contributed by atoms with Gasteiger partial charge in [0.15, 0.2) is 0 Å². The Labute approximate surface area is 162 Å². The SMILES string of the molecule is COc1ccc(-c2nc3c(C)cccn3c2NC(C)(C)CC(C)(C)C)cc1. The van der Waals surface area contributed by atoms with Crippen molar-refractivity contribution in [3.8, 4) is 17.0 Å². The normalized spacial score (nSPS) is 12.4. The maximum atomic E-state index is 5.31. The van der Waals surface area contributed by atoms with E-state index < -0.39 is 0 Å². The summed E-state index contributed by atoms with van der Waals surface area (Å²) in [6, 6.07) is 12.3. The minimum atomic E-state index is -0.0703. The minimum absolute atomic E-state index is 0.0703. The number of rotatable bonds is 5. The second-order valence-electron chi connectivity index (χ2n) is 9.17. The fraction of sp³-hybridized carbons (Fsp3) is 0.435. The summed E-state index contributed by atoms with van der Waals surface area (Å²) in [6.07, 6.45) is 3.12. The van der Waals surface area contributed by atoms with Crippen molar-refractivity contribution in [2.24, 2.45) is 5.41 Å². The van der Waals surface area contributed by atoms with E-state index in [4.69, 9.17) is 9.72 Å². The third kappa shape index (κ3) is 4.26. The number of aryl methyl sites for hydroxylation is 1. The van der Waals surface area contributed by atoms with Crippen LogP contribution in [0.15, 0.2) is 42.6 Å². The van der Waals surface area contributed by atoms with E-state index in [2.05, 4.69) is 81.7 Å². The topological polar surface area (TPSA) is 38.6 Å². The van der Waals surface area contributed by atoms with Crippen LogP contribution in [-0.4, -0.2) is 22.0 Å². The summed E-state index contributed by atoms with van der Waals surface area (Å²) in [4.78, 5) is 4.98. The largest absolute Gasteiger partial charge is 0.497 e. The van der Waals surface area contributed by atoms with E-state index in [-0.39, 0.29) is 11.0 Å². The fourth-order valence-electron chi connectivity index (χ4n) is 3.96. The van der Waals surface area contributed by atoms with E-state index in [1.807, 2.05) is 12.1 Å². The highest BCUT2D eigenvalue weighted by atomic mass is 16.5. The number of nitrogens with one attached hydrogen (secondary N) is 1. The Morgan fingerprint density at radius 1 is 1.04 bits per heavy atom. The van der Waals surface area contributed by atoms with Gasteiger partial charge in [0.2, 0.25) is 0 Å². The first-order valence-electron chi connectivity index (χ1n) is 9.50. The van der Waals surface area contributed by atoms with Crippen LogP contribution in [0, 0.1) is 12.3 Å². The van der Waals surface area contributed by atoms with Crippen LogP contribution in [0.5, 0.6) is 5.75 Å². The fourth-order valence-corrected chi connectivity index (χ4v) is 3.96. The number of pyridine rings is 1. The van der Waals surface area contributed by atoms with Crippen molar-refractivity contribution >= 4 is 11.5 Å². The molecule has 0 saturated carbocycles. The average Bonchev–Trinajstić information content (AvgIpc) is 2.92. The van der Waals surface area contributed by atoms with Crippen molar-refractivity contribution in [3.63, 3.8) is 0 Å². The zero-order chi connectivity index (χ0) is 19.8. The maximum Gasteiger partial charge on any atom is 0.142 e. The van der Waals surface area contributed by atoms with Crippen LogP contribution in [0.1, 0.15) is 46.6 Å². The van der Waals surface area contributed by atoms with Crippen molar-refractivity contribution in [2.45, 2.75) is 53.5 Å². The van der Waals surface area contributed by atoms with Crippen LogP contribution in [-0.2, 0) is 0 Å². The zero-order valence-electron chi connectivity index (χ0n) is 17.6. The molecular formula is C23H31N3O. The molecule has 0 radical (unpaired) electrons. The molecule has 2 aromatic heterocycles. The quantitative estimate of drug-likeness (QED) is 0.607. The maximum absolute atomic E-state index is 5.31. The van der Waals surface area contributed by atoms with Gasteiger partial charge in [-0.15, -0.1) is 0 Å². The highest BCUT2D eigenvalue weighted by Crippen LogP contribution is 2.35. The molecule has 0 bridgehead atoms. The number of anilines is 1. The molecule has 2 heterocycles. The molecule has 0 aliphatic carbocycles. The molecule has 1 N–H and O–H groups in total. The van der Waals surface area contributed by atoms with Crippen molar-refractivity contribution in [1.82, 2.24) is 9.38 Å². The lowest BCUT2D eigenvalue weighted by Crippen LogP contribution is -2.36. The van der Waals surface area contributed by atoms with Crippen LogP contribution in [0.4, 0.5) is 5.82 Å². The Morgan fingerprint density at radius 3 is 2.30 bits per heavy atom. The van der Waals surface area contributed by atoms with Gasteiger partial charge in [-0.1, -0.05) is 26.8 Å². The first-order valence-corrected chi connectivity index (χ1v) is 9.50. The summed E-state index contributed by atoms with van der Waals surface area (Å²) in [6.45, 7) is 13.4. The van der Waals surface area contributed by atoms with Crippen LogP contribution >= 0.6 is 0 Å². The Bertz CT molecular complexity index is 931. The second-order valence-corrected chi connectivity index (χ2v) is 9.17. The highest BCUT2D eigenvalue weighted by Gasteiger charge is 2.28. The summed E-state index contributed by atoms with van der Waals surface area (Å²) in [5, 5.41) is 3.79. The molecule has 4 heteroatoms. The minimum Gasteiger partial charge on any atom is -0.497 e. The van der Waals surface area contributed by atoms with Gasteiger partial charge in [-0.3, -0.25) is 4.40 Å². The summed E-state index contributed by atoms with van der Waals surface area (Å²) in [7, 11) is 1.69. The van der Waals surface area contributed by atoms with Crippen molar-refractivity contribution in [2.75, 3.05) is 12.4 Å². The first-order chi connectivity index (χ1) is 12.6. The molecule has 1 aromatic carbocycles. The smallest absolute Gasteiger partial charge is 0.142 e. The number of methoxy groups -OCH3 is 1. The molecular weight excluding hydrogens is 334 g/mol. The summed E-state index contributed by atoms with van der Waals surface area (Å²) >= 11 is 0. The number of benzene rings is 1. The standard InChI is InChI=1S/C23H31N3O/c1-16-9-8-14-26-20(16)24-19(17-10-12-18(27-7)13-11-17)21(26)25-23(5,6)15-22(2,3)4/h8-14,25H,15H2,1-7H3. The first kappa shape index (κ1) is 19.3. The molecule has 0 amide bonds. The van der Waals surface area contributed by atoms with Gasteiger partial charge >= 0.3 is 0 Å². The van der Waals surface area contributed by atoms with Gasteiger partial charge in [0.05, 0.1) is 7.11 Å². The third-order valence-corrected chi connectivity index (χ3v) is 4.64. The molecule has 0 aliphatic rings. The Morgan fingerprint density at radius 2 is 1.70 bits per heavy atom. The summed E-state index contributed by atoms with van der Waals surface area (Å²) in [5.74, 6) is 1.88. The van der Waals surface area contributed by atoms with E-state index in [9.17, 15) is 0 Å². The molecule has 0 aliphatic heterocycles. The predicted molar refractivity (Wildman–Crippen MR) is 114 cm³/mol. The molecule has 144 valence electrons. The number of imidazole rings is 1.